The molecule has 2 heterocycles. The molecule has 1 aliphatic rings. The number of aryl methyl sites for hydroxylation is 1. The molecule has 1 saturated heterocycles. The highest BCUT2D eigenvalue weighted by Gasteiger charge is 2.28. The Balaban J connectivity index is 1.65. The molecule has 1 aromatic carbocycles. The zero-order valence-electron chi connectivity index (χ0n) is 14.6. The average molecular weight is 378 g/mol. The smallest absolute Gasteiger partial charge is 0.262 e. The van der Waals surface area contributed by atoms with Gasteiger partial charge < -0.3 is 14.6 Å². The van der Waals surface area contributed by atoms with Crippen LogP contribution in [0.3, 0.4) is 0 Å². The molecule has 1 aromatic heterocycles. The third-order valence-corrected chi connectivity index (χ3v) is 5.91. The first-order chi connectivity index (χ1) is 12.5. The maximum atomic E-state index is 12.5. The van der Waals surface area contributed by atoms with Crippen LogP contribution in [0, 0.1) is 0 Å². The fourth-order valence-corrected chi connectivity index (χ4v) is 4.06. The van der Waals surface area contributed by atoms with Crippen LogP contribution in [-0.2, 0) is 32.5 Å². The number of benzene rings is 1. The molecule has 0 saturated carbocycles. The van der Waals surface area contributed by atoms with Crippen LogP contribution in [0.1, 0.15) is 12.5 Å². The van der Waals surface area contributed by atoms with Gasteiger partial charge in [-0.25, -0.2) is 13.4 Å². The Morgan fingerprint density at radius 3 is 2.81 bits per heavy atom. The number of sulfonamides is 1. The highest BCUT2D eigenvalue weighted by Crippen LogP contribution is 2.15. The molecule has 0 spiro atoms. The van der Waals surface area contributed by atoms with E-state index in [0.717, 1.165) is 17.7 Å². The number of aromatic nitrogens is 2. The fraction of sp³-hybridized carbons (Fsp3) is 0.412. The van der Waals surface area contributed by atoms with Crippen molar-refractivity contribution in [3.05, 3.63) is 42.4 Å². The number of amides is 1. The Morgan fingerprint density at radius 1 is 1.31 bits per heavy atom. The number of anilines is 1. The molecule has 0 atom stereocenters. The van der Waals surface area contributed by atoms with E-state index >= 15 is 0 Å². The normalized spacial score (nSPS) is 15.7. The number of nitrogens with zero attached hydrogens (tertiary/aromatic N) is 3. The third kappa shape index (κ3) is 4.29. The van der Waals surface area contributed by atoms with Crippen molar-refractivity contribution in [1.29, 1.82) is 0 Å². The Labute approximate surface area is 152 Å². The van der Waals surface area contributed by atoms with Gasteiger partial charge in [-0.3, -0.25) is 4.79 Å². The molecule has 1 amide bonds. The molecule has 1 N–H and O–H groups in total. The highest BCUT2D eigenvalue weighted by atomic mass is 32.2. The molecule has 0 radical (unpaired) electrons. The Kier molecular flexibility index (Phi) is 5.70. The lowest BCUT2D eigenvalue weighted by atomic mass is 10.1. The molecule has 0 unspecified atom stereocenters. The van der Waals surface area contributed by atoms with E-state index in [1.54, 1.807) is 0 Å². The second-order valence-corrected chi connectivity index (χ2v) is 7.89. The number of nitrogens with one attached hydrogen (secondary N) is 1. The average Bonchev–Trinajstić information content (AvgIpc) is 3.11. The van der Waals surface area contributed by atoms with Crippen molar-refractivity contribution in [3.63, 3.8) is 0 Å². The third-order valence-electron chi connectivity index (χ3n) is 4.13. The fourth-order valence-electron chi connectivity index (χ4n) is 2.71. The van der Waals surface area contributed by atoms with Gasteiger partial charge in [-0.05, 0) is 24.1 Å². The minimum atomic E-state index is -3.66. The van der Waals surface area contributed by atoms with Gasteiger partial charge in [0.05, 0.1) is 19.5 Å². The predicted octanol–water partition coefficient (Wildman–Crippen LogP) is 1.11. The number of carbonyl (C=O) groups is 1. The Morgan fingerprint density at radius 2 is 2.08 bits per heavy atom. The van der Waals surface area contributed by atoms with Crippen molar-refractivity contribution in [2.75, 3.05) is 31.6 Å². The summed E-state index contributed by atoms with van der Waals surface area (Å²) in [7, 11) is -3.66. The topological polar surface area (TPSA) is 93.5 Å². The lowest BCUT2D eigenvalue weighted by molar-refractivity contribution is -0.116. The molecule has 0 aliphatic carbocycles. The van der Waals surface area contributed by atoms with Crippen LogP contribution < -0.4 is 5.32 Å². The van der Waals surface area contributed by atoms with Crippen molar-refractivity contribution >= 4 is 21.6 Å². The van der Waals surface area contributed by atoms with Crippen molar-refractivity contribution in [1.82, 2.24) is 13.9 Å². The molecule has 140 valence electrons. The zero-order valence-corrected chi connectivity index (χ0v) is 15.4. The summed E-state index contributed by atoms with van der Waals surface area (Å²) in [5.74, 6) is -0.244. The first-order valence-electron chi connectivity index (χ1n) is 8.47. The molecular weight excluding hydrogens is 356 g/mol. The second-order valence-electron chi connectivity index (χ2n) is 6.00. The molecule has 9 heteroatoms. The summed E-state index contributed by atoms with van der Waals surface area (Å²) in [6.07, 6.45) is 3.62. The molecule has 3 rings (SSSR count). The lowest BCUT2D eigenvalue weighted by Crippen LogP contribution is -2.40. The van der Waals surface area contributed by atoms with Gasteiger partial charge in [0.2, 0.25) is 5.91 Å². The summed E-state index contributed by atoms with van der Waals surface area (Å²) in [5, 5.41) is 2.76. The van der Waals surface area contributed by atoms with Crippen LogP contribution in [0.15, 0.2) is 41.8 Å². The maximum Gasteiger partial charge on any atom is 0.262 e. The Bertz CT molecular complexity index is 872. The van der Waals surface area contributed by atoms with Crippen molar-refractivity contribution in [2.24, 2.45) is 0 Å². The van der Waals surface area contributed by atoms with Gasteiger partial charge in [-0.1, -0.05) is 19.1 Å². The summed E-state index contributed by atoms with van der Waals surface area (Å²) in [5.41, 5.74) is 1.85. The highest BCUT2D eigenvalue weighted by molar-refractivity contribution is 7.89. The van der Waals surface area contributed by atoms with Gasteiger partial charge in [-0.2, -0.15) is 4.31 Å². The van der Waals surface area contributed by atoms with Crippen LogP contribution in [0.5, 0.6) is 0 Å². The summed E-state index contributed by atoms with van der Waals surface area (Å²) in [6, 6.07) is 7.62. The van der Waals surface area contributed by atoms with Crippen LogP contribution in [-0.4, -0.2) is 54.5 Å². The summed E-state index contributed by atoms with van der Waals surface area (Å²) in [6.45, 7) is 3.40. The van der Waals surface area contributed by atoms with E-state index in [0.29, 0.717) is 26.3 Å². The van der Waals surface area contributed by atoms with Crippen LogP contribution >= 0.6 is 0 Å². The minimum absolute atomic E-state index is 0.0119. The number of ether oxygens (including phenoxy) is 1. The molecule has 1 fully saturated rings. The maximum absolute atomic E-state index is 12.5. The van der Waals surface area contributed by atoms with Crippen LogP contribution in [0.4, 0.5) is 5.69 Å². The number of imidazole rings is 1. The van der Waals surface area contributed by atoms with E-state index in [9.17, 15) is 13.2 Å². The van der Waals surface area contributed by atoms with E-state index in [1.165, 1.54) is 21.4 Å². The second kappa shape index (κ2) is 7.98. The molecule has 26 heavy (non-hydrogen) atoms. The molecule has 0 bridgehead atoms. The largest absolute Gasteiger partial charge is 0.379 e. The number of morpholine rings is 1. The van der Waals surface area contributed by atoms with Crippen LogP contribution in [0.2, 0.25) is 0 Å². The summed E-state index contributed by atoms with van der Waals surface area (Å²) in [4.78, 5) is 16.2. The van der Waals surface area contributed by atoms with Crippen molar-refractivity contribution in [2.45, 2.75) is 24.9 Å². The number of rotatable bonds is 6. The van der Waals surface area contributed by atoms with Gasteiger partial charge >= 0.3 is 0 Å². The summed E-state index contributed by atoms with van der Waals surface area (Å²) >= 11 is 0. The predicted molar refractivity (Wildman–Crippen MR) is 96.3 cm³/mol. The molecular formula is C17H22N4O4S. The molecule has 2 aromatic rings. The monoisotopic (exact) mass is 378 g/mol. The quantitative estimate of drug-likeness (QED) is 0.813. The Hall–Kier alpha value is -2.23. The lowest BCUT2D eigenvalue weighted by Gasteiger charge is -2.24. The minimum Gasteiger partial charge on any atom is -0.379 e. The first-order valence-corrected chi connectivity index (χ1v) is 9.91. The van der Waals surface area contributed by atoms with Gasteiger partial charge in [0.15, 0.2) is 5.03 Å². The van der Waals surface area contributed by atoms with Gasteiger partial charge in [-0.15, -0.1) is 0 Å². The first kappa shape index (κ1) is 18.6. The number of hydrogen-bond donors (Lipinski definition) is 1. The van der Waals surface area contributed by atoms with E-state index in [2.05, 4.69) is 10.3 Å². The van der Waals surface area contributed by atoms with Gasteiger partial charge in [0, 0.05) is 25.0 Å². The summed E-state index contributed by atoms with van der Waals surface area (Å²) < 4.78 is 33.1. The van der Waals surface area contributed by atoms with E-state index in [4.69, 9.17) is 4.74 Å². The van der Waals surface area contributed by atoms with Crippen LogP contribution in [0.25, 0.3) is 0 Å². The van der Waals surface area contributed by atoms with Crippen molar-refractivity contribution < 1.29 is 17.9 Å². The standard InChI is InChI=1S/C17H22N4O4S/c1-2-14-4-3-5-15(10-14)19-16(22)11-20-12-17(18-13-20)26(23,24)21-6-8-25-9-7-21/h3-5,10,12-13H,2,6-9,11H2,1H3,(H,19,22). The zero-order chi connectivity index (χ0) is 18.6. The van der Waals surface area contributed by atoms with E-state index in [-0.39, 0.29) is 17.5 Å². The van der Waals surface area contributed by atoms with Gasteiger partial charge in [0.1, 0.15) is 6.54 Å². The van der Waals surface area contributed by atoms with Gasteiger partial charge in [0.25, 0.3) is 10.0 Å². The molecule has 8 nitrogen and oxygen atoms in total. The number of hydrogen-bond acceptors (Lipinski definition) is 5. The SMILES string of the molecule is CCc1cccc(NC(=O)Cn2cnc(S(=O)(=O)N3CCOCC3)c2)c1. The molecule has 1 aliphatic heterocycles. The van der Waals surface area contributed by atoms with E-state index in [1.807, 2.05) is 31.2 Å². The van der Waals surface area contributed by atoms with E-state index < -0.39 is 10.0 Å². The number of carbonyl (C=O) groups excluding carboxylic acids is 1. The van der Waals surface area contributed by atoms with Crippen molar-refractivity contribution in [3.8, 4) is 0 Å².